The van der Waals surface area contributed by atoms with E-state index < -0.39 is 0 Å². The molecule has 0 bridgehead atoms. The maximum absolute atomic E-state index is 6.10. The van der Waals surface area contributed by atoms with Crippen molar-refractivity contribution in [1.29, 1.82) is 0 Å². The standard InChI is InChI=1S/C38H48N2O2/c1-3-4-5-6-7-8-9-10-11-16-29-38(2,30-21-25-32(26-22-30)41-36-19-14-12-17-34(36)39)31-23-27-33(28-24-31)42-37-20-15-13-18-35(37)40/h12-15,17-28H,3-11,16,29,39-40H2,1-2H3. The highest BCUT2D eigenvalue weighted by atomic mass is 16.5. The van der Waals surface area contributed by atoms with Gasteiger partial charge in [0.2, 0.25) is 0 Å². The Balaban J connectivity index is 1.44. The molecule has 222 valence electrons. The van der Waals surface area contributed by atoms with Crippen molar-refractivity contribution >= 4 is 11.4 Å². The Bertz CT molecular complexity index is 1260. The molecule has 4 aromatic carbocycles. The highest BCUT2D eigenvalue weighted by molar-refractivity contribution is 5.55. The van der Waals surface area contributed by atoms with Gasteiger partial charge in [0.25, 0.3) is 0 Å². The quantitative estimate of drug-likeness (QED) is 0.0988. The highest BCUT2D eigenvalue weighted by Crippen LogP contribution is 2.40. The second kappa shape index (κ2) is 15.9. The number of nitrogen functional groups attached to an aromatic ring is 2. The first-order valence-electron chi connectivity index (χ1n) is 15.8. The van der Waals surface area contributed by atoms with Crippen LogP contribution >= 0.6 is 0 Å². The summed E-state index contributed by atoms with van der Waals surface area (Å²) in [5.41, 5.74) is 15.9. The van der Waals surface area contributed by atoms with Gasteiger partial charge in [0.1, 0.15) is 23.0 Å². The smallest absolute Gasteiger partial charge is 0.150 e. The molecule has 4 heteroatoms. The number of unbranched alkanes of at least 4 members (excludes halogenated alkanes) is 9. The molecule has 0 fully saturated rings. The van der Waals surface area contributed by atoms with E-state index in [1.807, 2.05) is 72.8 Å². The molecule has 4 N–H and O–H groups in total. The van der Waals surface area contributed by atoms with E-state index in [1.165, 1.54) is 75.3 Å². The van der Waals surface area contributed by atoms with Crippen molar-refractivity contribution in [2.45, 2.75) is 89.9 Å². The zero-order valence-corrected chi connectivity index (χ0v) is 25.5. The van der Waals surface area contributed by atoms with Crippen LogP contribution in [-0.4, -0.2) is 0 Å². The number of benzene rings is 4. The van der Waals surface area contributed by atoms with E-state index in [9.17, 15) is 0 Å². The van der Waals surface area contributed by atoms with Gasteiger partial charge in [-0.05, 0) is 66.1 Å². The zero-order valence-electron chi connectivity index (χ0n) is 25.5. The molecular weight excluding hydrogens is 516 g/mol. The molecule has 4 nitrogen and oxygen atoms in total. The number of para-hydroxylation sites is 4. The van der Waals surface area contributed by atoms with E-state index in [4.69, 9.17) is 20.9 Å². The lowest BCUT2D eigenvalue weighted by molar-refractivity contribution is 0.462. The lowest BCUT2D eigenvalue weighted by Crippen LogP contribution is -2.23. The van der Waals surface area contributed by atoms with Crippen LogP contribution in [0.4, 0.5) is 11.4 Å². The second-order valence-electron chi connectivity index (χ2n) is 11.6. The van der Waals surface area contributed by atoms with E-state index in [-0.39, 0.29) is 5.41 Å². The zero-order chi connectivity index (χ0) is 29.6. The van der Waals surface area contributed by atoms with Gasteiger partial charge in [-0.15, -0.1) is 0 Å². The van der Waals surface area contributed by atoms with Crippen molar-refractivity contribution in [3.8, 4) is 23.0 Å². The molecule has 0 amide bonds. The van der Waals surface area contributed by atoms with E-state index in [0.29, 0.717) is 22.9 Å². The third kappa shape index (κ3) is 8.79. The normalized spacial score (nSPS) is 11.4. The van der Waals surface area contributed by atoms with Gasteiger partial charge in [0.05, 0.1) is 11.4 Å². The highest BCUT2D eigenvalue weighted by Gasteiger charge is 2.28. The summed E-state index contributed by atoms with van der Waals surface area (Å²) in [7, 11) is 0. The number of hydrogen-bond acceptors (Lipinski definition) is 4. The molecule has 0 aliphatic heterocycles. The number of rotatable bonds is 17. The van der Waals surface area contributed by atoms with Crippen LogP contribution < -0.4 is 20.9 Å². The van der Waals surface area contributed by atoms with E-state index in [1.54, 1.807) is 0 Å². The fourth-order valence-corrected chi connectivity index (χ4v) is 5.60. The predicted octanol–water partition coefficient (Wildman–Crippen LogP) is 11.1. The lowest BCUT2D eigenvalue weighted by Gasteiger charge is -2.31. The minimum absolute atomic E-state index is 0.144. The molecule has 0 spiro atoms. The summed E-state index contributed by atoms with van der Waals surface area (Å²) in [5.74, 6) is 2.91. The van der Waals surface area contributed by atoms with Crippen molar-refractivity contribution in [3.05, 3.63) is 108 Å². The average molecular weight is 565 g/mol. The van der Waals surface area contributed by atoms with Crippen LogP contribution in [0.1, 0.15) is 95.6 Å². The van der Waals surface area contributed by atoms with E-state index in [2.05, 4.69) is 38.1 Å². The second-order valence-corrected chi connectivity index (χ2v) is 11.6. The summed E-state index contributed by atoms with van der Waals surface area (Å²) in [4.78, 5) is 0. The molecule has 0 aliphatic carbocycles. The fourth-order valence-electron chi connectivity index (χ4n) is 5.60. The Morgan fingerprint density at radius 3 is 1.29 bits per heavy atom. The molecule has 42 heavy (non-hydrogen) atoms. The van der Waals surface area contributed by atoms with Crippen molar-refractivity contribution in [2.75, 3.05) is 11.5 Å². The largest absolute Gasteiger partial charge is 0.455 e. The maximum atomic E-state index is 6.10. The Morgan fingerprint density at radius 2 is 0.881 bits per heavy atom. The first-order chi connectivity index (χ1) is 20.5. The molecule has 0 radical (unpaired) electrons. The summed E-state index contributed by atoms with van der Waals surface area (Å²) >= 11 is 0. The summed E-state index contributed by atoms with van der Waals surface area (Å²) < 4.78 is 12.2. The minimum atomic E-state index is -0.144. The van der Waals surface area contributed by atoms with Gasteiger partial charge in [0.15, 0.2) is 0 Å². The number of hydrogen-bond donors (Lipinski definition) is 2. The van der Waals surface area contributed by atoms with Crippen LogP contribution in [0.15, 0.2) is 97.1 Å². The van der Waals surface area contributed by atoms with Crippen molar-refractivity contribution < 1.29 is 9.47 Å². The van der Waals surface area contributed by atoms with E-state index in [0.717, 1.165) is 17.9 Å². The summed E-state index contributed by atoms with van der Waals surface area (Å²) in [6, 6.07) is 32.2. The SMILES string of the molecule is CCCCCCCCCCCCC(C)(c1ccc(Oc2ccccc2N)cc1)c1ccc(Oc2ccccc2N)cc1. The average Bonchev–Trinajstić information content (AvgIpc) is 3.01. The molecule has 0 saturated heterocycles. The number of anilines is 2. The summed E-state index contributed by atoms with van der Waals surface area (Å²) in [5, 5.41) is 0. The van der Waals surface area contributed by atoms with Crippen molar-refractivity contribution in [1.82, 2.24) is 0 Å². The van der Waals surface area contributed by atoms with Crippen LogP contribution in [0, 0.1) is 0 Å². The first-order valence-corrected chi connectivity index (χ1v) is 15.8. The van der Waals surface area contributed by atoms with Crippen LogP contribution in [0.3, 0.4) is 0 Å². The van der Waals surface area contributed by atoms with Crippen LogP contribution in [0.2, 0.25) is 0 Å². The number of ether oxygens (including phenoxy) is 2. The van der Waals surface area contributed by atoms with Gasteiger partial charge >= 0.3 is 0 Å². The number of nitrogens with two attached hydrogens (primary N) is 2. The molecule has 0 aliphatic rings. The monoisotopic (exact) mass is 564 g/mol. The molecule has 0 atom stereocenters. The molecular formula is C38H48N2O2. The molecule has 0 heterocycles. The van der Waals surface area contributed by atoms with Crippen molar-refractivity contribution in [2.24, 2.45) is 0 Å². The van der Waals surface area contributed by atoms with Gasteiger partial charge in [-0.25, -0.2) is 0 Å². The molecule has 4 aromatic rings. The van der Waals surface area contributed by atoms with Crippen LogP contribution in [0.5, 0.6) is 23.0 Å². The molecule has 0 saturated carbocycles. The predicted molar refractivity (Wildman–Crippen MR) is 178 cm³/mol. The van der Waals surface area contributed by atoms with Crippen molar-refractivity contribution in [3.63, 3.8) is 0 Å². The Labute approximate surface area is 253 Å². The Hall–Kier alpha value is -3.92. The van der Waals surface area contributed by atoms with Gasteiger partial charge in [-0.3, -0.25) is 0 Å². The van der Waals surface area contributed by atoms with Gasteiger partial charge in [0, 0.05) is 5.41 Å². The Morgan fingerprint density at radius 1 is 0.500 bits per heavy atom. The molecule has 0 aromatic heterocycles. The van der Waals surface area contributed by atoms with Crippen LogP contribution in [-0.2, 0) is 5.41 Å². The third-order valence-corrected chi connectivity index (χ3v) is 8.31. The van der Waals surface area contributed by atoms with Gasteiger partial charge in [-0.1, -0.05) is 127 Å². The molecule has 4 rings (SSSR count). The van der Waals surface area contributed by atoms with E-state index >= 15 is 0 Å². The van der Waals surface area contributed by atoms with Crippen LogP contribution in [0.25, 0.3) is 0 Å². The fraction of sp³-hybridized carbons (Fsp3) is 0.368. The first kappa shape index (κ1) is 31.0. The Kier molecular flexibility index (Phi) is 11.8. The topological polar surface area (TPSA) is 70.5 Å². The van der Waals surface area contributed by atoms with Gasteiger partial charge < -0.3 is 20.9 Å². The van der Waals surface area contributed by atoms with Gasteiger partial charge in [-0.2, -0.15) is 0 Å². The summed E-state index contributed by atoms with van der Waals surface area (Å²) in [6.45, 7) is 4.64. The molecule has 0 unspecified atom stereocenters. The third-order valence-electron chi connectivity index (χ3n) is 8.31. The minimum Gasteiger partial charge on any atom is -0.455 e. The summed E-state index contributed by atoms with van der Waals surface area (Å²) in [6.07, 6.45) is 14.4. The lowest BCUT2D eigenvalue weighted by atomic mass is 9.72. The maximum Gasteiger partial charge on any atom is 0.150 e.